The van der Waals surface area contributed by atoms with Crippen molar-refractivity contribution in [1.82, 2.24) is 15.0 Å². The third-order valence-electron chi connectivity index (χ3n) is 6.49. The first-order valence-corrected chi connectivity index (χ1v) is 19.5. The molecule has 0 aliphatic carbocycles. The molecule has 5 aromatic rings. The fourth-order valence-corrected chi connectivity index (χ4v) is 7.69. The highest BCUT2D eigenvalue weighted by Gasteiger charge is 2.24. The van der Waals surface area contributed by atoms with Gasteiger partial charge in [0, 0.05) is 35.4 Å². The minimum atomic E-state index is -4.84. The van der Waals surface area contributed by atoms with E-state index in [0.717, 1.165) is 12.1 Å². The predicted octanol–water partition coefficient (Wildman–Crippen LogP) is 5.07. The highest BCUT2D eigenvalue weighted by atomic mass is 32.2. The number of nitrogens with two attached hydrogens (primary N) is 2. The Morgan fingerprint density at radius 2 is 1.52 bits per heavy atom. The molecule has 0 saturated carbocycles. The fourth-order valence-electron chi connectivity index (χ4n) is 4.55. The van der Waals surface area contributed by atoms with Gasteiger partial charge >= 0.3 is 0 Å². The van der Waals surface area contributed by atoms with Crippen LogP contribution in [0.15, 0.2) is 89.8 Å². The Hall–Kier alpha value is -3.72. The summed E-state index contributed by atoms with van der Waals surface area (Å²) in [4.78, 5) is 11.8. The summed E-state index contributed by atoms with van der Waals surface area (Å²) in [6.45, 7) is 0.653. The molecule has 264 valence electrons. The Labute approximate surface area is 296 Å². The molecule has 50 heavy (non-hydrogen) atoms. The minimum absolute atomic E-state index is 0.00281. The molecule has 4 aromatic carbocycles. The number of nitrogens with zero attached hydrogens (tertiary/aromatic N) is 5. The van der Waals surface area contributed by atoms with Crippen molar-refractivity contribution >= 4 is 100 Å². The Morgan fingerprint density at radius 1 is 0.840 bits per heavy atom. The molecule has 18 nitrogen and oxygen atoms in total. The van der Waals surface area contributed by atoms with Gasteiger partial charge in [-0.2, -0.15) is 31.8 Å². The Bertz CT molecular complexity index is 2290. The molecule has 0 amide bonds. The summed E-state index contributed by atoms with van der Waals surface area (Å²) in [5, 5.41) is 36.3. The third kappa shape index (κ3) is 8.76. The van der Waals surface area contributed by atoms with Crippen molar-refractivity contribution in [1.29, 1.82) is 0 Å². The van der Waals surface area contributed by atoms with Crippen LogP contribution in [0.1, 0.15) is 0 Å². The summed E-state index contributed by atoms with van der Waals surface area (Å²) in [6, 6.07) is 12.5. The monoisotopic (exact) mass is 782 g/mol. The molecule has 0 saturated heterocycles. The van der Waals surface area contributed by atoms with Crippen LogP contribution in [0.2, 0.25) is 0 Å². The zero-order chi connectivity index (χ0) is 36.1. The van der Waals surface area contributed by atoms with Crippen molar-refractivity contribution in [2.24, 2.45) is 21.7 Å². The summed E-state index contributed by atoms with van der Waals surface area (Å²) in [6.07, 6.45) is 0. The van der Waals surface area contributed by atoms with Gasteiger partial charge in [0.2, 0.25) is 5.95 Å². The van der Waals surface area contributed by atoms with Gasteiger partial charge in [-0.1, -0.05) is 58.9 Å². The second kappa shape index (κ2) is 16.1. The van der Waals surface area contributed by atoms with E-state index in [2.05, 4.69) is 39.9 Å². The summed E-state index contributed by atoms with van der Waals surface area (Å²) in [7, 11) is -9.66. The Kier molecular flexibility index (Phi) is 12.1. The smallest absolute Gasteiger partial charge is 0.297 e. The molecule has 0 atom stereocenters. The molecule has 5 rings (SSSR count). The van der Waals surface area contributed by atoms with Gasteiger partial charge in [-0.05, 0) is 35.0 Å². The molecule has 0 spiro atoms. The van der Waals surface area contributed by atoms with Crippen molar-refractivity contribution in [3.8, 4) is 5.75 Å². The number of benzene rings is 4. The van der Waals surface area contributed by atoms with Gasteiger partial charge in [0.25, 0.3) is 20.2 Å². The van der Waals surface area contributed by atoms with Crippen LogP contribution in [-0.4, -0.2) is 75.9 Å². The topological polar surface area (TPSA) is 295 Å². The first-order chi connectivity index (χ1) is 23.8. The minimum Gasteiger partial charge on any atom is -0.505 e. The normalized spacial score (nSPS) is 12.3. The molecule has 0 aliphatic rings. The number of phenolic OH excluding ortho intramolecular Hbond substituents is 1. The maximum atomic E-state index is 12.5. The molecular formula is C27H26N8O10S5. The second-order valence-electron chi connectivity index (χ2n) is 9.78. The van der Waals surface area contributed by atoms with Crippen LogP contribution in [0.5, 0.6) is 5.75 Å². The maximum absolute atomic E-state index is 12.5. The third-order valence-corrected chi connectivity index (χ3v) is 10.6. The molecule has 1 aromatic heterocycles. The van der Waals surface area contributed by atoms with Crippen LogP contribution in [0.25, 0.3) is 21.5 Å². The lowest BCUT2D eigenvalue weighted by Gasteiger charge is -2.15. The summed E-state index contributed by atoms with van der Waals surface area (Å²) >= 11 is 2.79. The van der Waals surface area contributed by atoms with Crippen LogP contribution >= 0.6 is 35.6 Å². The lowest BCUT2D eigenvalue weighted by atomic mass is 10.1. The quantitative estimate of drug-likeness (QED) is 0.0182. The van der Waals surface area contributed by atoms with Gasteiger partial charge in [-0.3, -0.25) is 9.11 Å². The van der Waals surface area contributed by atoms with Crippen LogP contribution in [0.3, 0.4) is 0 Å². The molecule has 1 heterocycles. The van der Waals surface area contributed by atoms with E-state index in [4.69, 9.17) is 16.7 Å². The number of aromatic hydroxyl groups is 1. The molecule has 0 bridgehead atoms. The first kappa shape index (κ1) is 37.5. The maximum Gasteiger partial charge on any atom is 0.297 e. The lowest BCUT2D eigenvalue weighted by Crippen LogP contribution is -2.07. The largest absolute Gasteiger partial charge is 0.505 e. The zero-order valence-electron chi connectivity index (χ0n) is 25.2. The Balaban J connectivity index is 1.73. The SMILES string of the molecule is NCCSc1nc(Nc2cc(S(=O)(=O)O)cc3cc(SOOO)c(N=Nc4ccc5ccccc5c4S(=O)(=O)O)c(O)c23)nc(SCCN)n1. The van der Waals surface area contributed by atoms with Gasteiger partial charge in [0.05, 0.1) is 27.5 Å². The number of nitrogens with one attached hydrogen (secondary N) is 1. The molecule has 0 aliphatic heterocycles. The number of anilines is 2. The van der Waals surface area contributed by atoms with Crippen LogP contribution in [-0.2, 0) is 29.6 Å². The highest BCUT2D eigenvalue weighted by molar-refractivity contribution is 7.99. The van der Waals surface area contributed by atoms with E-state index < -0.39 is 35.8 Å². The number of rotatable bonds is 15. The number of fused-ring (bicyclic) bond motifs is 2. The molecule has 23 heteroatoms. The molecule has 0 fully saturated rings. The standard InChI is InChI=1S/C27H26N8O10S5/c28-7-9-46-26-31-25(32-27(33-26)47-10-8-29)30-19-13-16(49(38,39)40)11-15-12-20(48-45-44-37)22(23(36)21(15)19)35-34-18-6-5-14-3-1-2-4-17(14)24(18)50(41,42)43/h1-6,11-13,36-37H,7-10,28-29H2,(H,38,39,40)(H,41,42,43)(H,30,31,32,33). The van der Waals surface area contributed by atoms with Crippen molar-refractivity contribution in [3.05, 3.63) is 54.6 Å². The Morgan fingerprint density at radius 3 is 2.14 bits per heavy atom. The fraction of sp³-hybridized carbons (Fsp3) is 0.148. The van der Waals surface area contributed by atoms with Gasteiger partial charge in [-0.15, -0.1) is 14.6 Å². The van der Waals surface area contributed by atoms with Crippen LogP contribution in [0.4, 0.5) is 23.0 Å². The molecule has 0 radical (unpaired) electrons. The van der Waals surface area contributed by atoms with Gasteiger partial charge in [0.1, 0.15) is 16.3 Å². The highest BCUT2D eigenvalue weighted by Crippen LogP contribution is 2.48. The van der Waals surface area contributed by atoms with Crippen molar-refractivity contribution in [2.75, 3.05) is 29.9 Å². The molecular weight excluding hydrogens is 757 g/mol. The van der Waals surface area contributed by atoms with Gasteiger partial charge in [0.15, 0.2) is 16.1 Å². The second-order valence-corrected chi connectivity index (χ2v) is 15.4. The van der Waals surface area contributed by atoms with E-state index in [1.807, 2.05) is 0 Å². The number of thioether (sulfide) groups is 2. The van der Waals surface area contributed by atoms with E-state index in [1.54, 1.807) is 24.3 Å². The van der Waals surface area contributed by atoms with Crippen molar-refractivity contribution in [3.63, 3.8) is 0 Å². The van der Waals surface area contributed by atoms with Crippen molar-refractivity contribution in [2.45, 2.75) is 25.0 Å². The predicted molar refractivity (Wildman–Crippen MR) is 187 cm³/mol. The molecule has 9 N–H and O–H groups in total. The van der Waals surface area contributed by atoms with Crippen LogP contribution < -0.4 is 16.8 Å². The number of phenols is 1. The van der Waals surface area contributed by atoms with Gasteiger partial charge < -0.3 is 21.9 Å². The number of hydrogen-bond acceptors (Lipinski definition) is 19. The van der Waals surface area contributed by atoms with E-state index in [0.29, 0.717) is 42.0 Å². The number of azo groups is 1. The summed E-state index contributed by atoms with van der Waals surface area (Å²) in [5.41, 5.74) is 10.5. The van der Waals surface area contributed by atoms with Crippen molar-refractivity contribution < 1.29 is 45.7 Å². The number of aromatic nitrogens is 3. The number of hydrogen-bond donors (Lipinski definition) is 7. The van der Waals surface area contributed by atoms with E-state index in [-0.39, 0.29) is 54.4 Å². The average molecular weight is 783 g/mol. The summed E-state index contributed by atoms with van der Waals surface area (Å²) in [5.74, 6) is 0.215. The van der Waals surface area contributed by atoms with E-state index >= 15 is 0 Å². The average Bonchev–Trinajstić information content (AvgIpc) is 3.07. The lowest BCUT2D eigenvalue weighted by molar-refractivity contribution is -0.432. The van der Waals surface area contributed by atoms with E-state index in [1.165, 1.54) is 41.7 Å². The van der Waals surface area contributed by atoms with Crippen LogP contribution in [0, 0.1) is 0 Å². The molecule has 0 unspecified atom stereocenters. The first-order valence-electron chi connectivity index (χ1n) is 13.9. The van der Waals surface area contributed by atoms with Gasteiger partial charge in [-0.25, -0.2) is 5.26 Å². The summed E-state index contributed by atoms with van der Waals surface area (Å²) < 4.78 is 74.1. The zero-order valence-corrected chi connectivity index (χ0v) is 29.3. The van der Waals surface area contributed by atoms with E-state index in [9.17, 15) is 31.0 Å².